The fraction of sp³-hybridized carbons (Fsp3) is 0.333. The number of nitriles is 1. The minimum Gasteiger partial charge on any atom is -0.375 e. The van der Waals surface area contributed by atoms with Crippen molar-refractivity contribution in [2.45, 2.75) is 6.18 Å². The number of anilines is 1. The molecule has 118 valence electrons. The highest BCUT2D eigenvalue weighted by atomic mass is 19.4. The van der Waals surface area contributed by atoms with Gasteiger partial charge in [0.2, 0.25) is 5.91 Å². The highest BCUT2D eigenvalue weighted by molar-refractivity contribution is 5.81. The molecule has 1 aromatic carbocycles. The first-order valence-corrected chi connectivity index (χ1v) is 5.87. The molecule has 10 heteroatoms. The van der Waals surface area contributed by atoms with Crippen molar-refractivity contribution in [2.24, 2.45) is 0 Å². The quantitative estimate of drug-likeness (QED) is 0.660. The Hall–Kier alpha value is -2.83. The molecule has 0 radical (unpaired) electrons. The molecule has 22 heavy (non-hydrogen) atoms. The van der Waals surface area contributed by atoms with E-state index in [9.17, 15) is 28.1 Å². The number of halogens is 3. The standard InChI is InChI=1S/C12H11F3N4O3/c1-18(7-12(13,14)15)11(20)6-17-10-3-2-9(19(21)22)4-8(10)5-16/h2-4,17H,6-7H2,1H3. The summed E-state index contributed by atoms with van der Waals surface area (Å²) in [5.74, 6) is -0.834. The maximum absolute atomic E-state index is 12.1. The van der Waals surface area contributed by atoms with Crippen molar-refractivity contribution in [1.82, 2.24) is 4.90 Å². The number of non-ortho nitro benzene ring substituents is 1. The average Bonchev–Trinajstić information content (AvgIpc) is 2.42. The zero-order chi connectivity index (χ0) is 16.9. The van der Waals surface area contributed by atoms with Gasteiger partial charge in [0.05, 0.1) is 22.7 Å². The smallest absolute Gasteiger partial charge is 0.375 e. The molecule has 0 atom stereocenters. The van der Waals surface area contributed by atoms with Crippen molar-refractivity contribution < 1.29 is 22.9 Å². The van der Waals surface area contributed by atoms with Crippen LogP contribution in [-0.2, 0) is 4.79 Å². The number of nitrogens with zero attached hydrogens (tertiary/aromatic N) is 3. The van der Waals surface area contributed by atoms with Crippen molar-refractivity contribution in [1.29, 1.82) is 5.26 Å². The Morgan fingerprint density at radius 1 is 1.50 bits per heavy atom. The summed E-state index contributed by atoms with van der Waals surface area (Å²) < 4.78 is 36.4. The molecule has 0 aliphatic carbocycles. The number of hydrogen-bond acceptors (Lipinski definition) is 5. The van der Waals surface area contributed by atoms with Crippen LogP contribution in [0.5, 0.6) is 0 Å². The first-order chi connectivity index (χ1) is 10.1. The average molecular weight is 316 g/mol. The van der Waals surface area contributed by atoms with E-state index in [1.54, 1.807) is 6.07 Å². The Labute approximate surface area is 123 Å². The summed E-state index contributed by atoms with van der Waals surface area (Å²) in [5.41, 5.74) is -0.259. The molecule has 0 aromatic heterocycles. The van der Waals surface area contributed by atoms with Crippen molar-refractivity contribution in [3.8, 4) is 6.07 Å². The van der Waals surface area contributed by atoms with Crippen LogP contribution in [0.25, 0.3) is 0 Å². The van der Waals surface area contributed by atoms with Crippen LogP contribution in [0.1, 0.15) is 5.56 Å². The monoisotopic (exact) mass is 316 g/mol. The lowest BCUT2D eigenvalue weighted by molar-refractivity contribution is -0.384. The zero-order valence-electron chi connectivity index (χ0n) is 11.3. The normalized spacial score (nSPS) is 10.7. The molecule has 0 bridgehead atoms. The van der Waals surface area contributed by atoms with Crippen LogP contribution in [-0.4, -0.2) is 42.0 Å². The molecule has 0 fully saturated rings. The van der Waals surface area contributed by atoms with Gasteiger partial charge in [0.1, 0.15) is 12.6 Å². The van der Waals surface area contributed by atoms with Crippen molar-refractivity contribution in [3.05, 3.63) is 33.9 Å². The molecule has 1 rings (SSSR count). The Morgan fingerprint density at radius 2 is 2.14 bits per heavy atom. The highest BCUT2D eigenvalue weighted by Crippen LogP contribution is 2.21. The minimum absolute atomic E-state index is 0.0829. The third-order valence-corrected chi connectivity index (χ3v) is 2.61. The fourth-order valence-corrected chi connectivity index (χ4v) is 1.56. The summed E-state index contributed by atoms with van der Waals surface area (Å²) in [6.45, 7) is -1.86. The molecular formula is C12H11F3N4O3. The van der Waals surface area contributed by atoms with Gasteiger partial charge < -0.3 is 10.2 Å². The van der Waals surface area contributed by atoms with Gasteiger partial charge >= 0.3 is 6.18 Å². The molecule has 0 aliphatic heterocycles. The number of carbonyl (C=O) groups is 1. The molecule has 0 aliphatic rings. The van der Waals surface area contributed by atoms with Gasteiger partial charge in [0.25, 0.3) is 5.69 Å². The van der Waals surface area contributed by atoms with Crippen LogP contribution < -0.4 is 5.32 Å². The number of benzene rings is 1. The van der Waals surface area contributed by atoms with Crippen molar-refractivity contribution in [3.63, 3.8) is 0 Å². The van der Waals surface area contributed by atoms with Gasteiger partial charge in [-0.25, -0.2) is 0 Å². The molecule has 1 N–H and O–H groups in total. The molecule has 0 heterocycles. The van der Waals surface area contributed by atoms with E-state index in [0.717, 1.165) is 19.2 Å². The topological polar surface area (TPSA) is 99.3 Å². The van der Waals surface area contributed by atoms with Gasteiger partial charge in [-0.1, -0.05) is 0 Å². The number of nitro benzene ring substituents is 1. The number of amides is 1. The molecular weight excluding hydrogens is 305 g/mol. The summed E-state index contributed by atoms with van der Waals surface area (Å²) >= 11 is 0. The van der Waals surface area contributed by atoms with Gasteiger partial charge in [-0.15, -0.1) is 0 Å². The number of carbonyl (C=O) groups excluding carboxylic acids is 1. The molecule has 0 spiro atoms. The summed E-state index contributed by atoms with van der Waals surface area (Å²) in [7, 11) is 0.999. The highest BCUT2D eigenvalue weighted by Gasteiger charge is 2.31. The Kier molecular flexibility index (Phi) is 5.28. The van der Waals surface area contributed by atoms with E-state index in [0.29, 0.717) is 4.90 Å². The lowest BCUT2D eigenvalue weighted by Crippen LogP contribution is -2.38. The van der Waals surface area contributed by atoms with E-state index in [1.165, 1.54) is 6.07 Å². The number of rotatable bonds is 5. The number of likely N-dealkylation sites (N-methyl/N-ethyl adjacent to an activating group) is 1. The first-order valence-electron chi connectivity index (χ1n) is 5.87. The second kappa shape index (κ2) is 6.75. The first kappa shape index (κ1) is 17.2. The molecule has 1 aromatic rings. The predicted molar refractivity (Wildman–Crippen MR) is 70.0 cm³/mol. The third-order valence-electron chi connectivity index (χ3n) is 2.61. The number of alkyl halides is 3. The van der Waals surface area contributed by atoms with Gasteiger partial charge in [-0.3, -0.25) is 14.9 Å². The number of nitrogens with one attached hydrogen (secondary N) is 1. The molecule has 7 nitrogen and oxygen atoms in total. The SMILES string of the molecule is CN(CC(F)(F)F)C(=O)CNc1ccc([N+](=O)[O-])cc1C#N. The maximum atomic E-state index is 12.1. The van der Waals surface area contributed by atoms with E-state index in [2.05, 4.69) is 5.32 Å². The Balaban J connectivity index is 2.74. The van der Waals surface area contributed by atoms with Gasteiger partial charge in [-0.05, 0) is 6.07 Å². The Bertz CT molecular complexity index is 625. The number of hydrogen-bond donors (Lipinski definition) is 1. The largest absolute Gasteiger partial charge is 0.406 e. The van der Waals surface area contributed by atoms with Crippen LogP contribution in [0.2, 0.25) is 0 Å². The van der Waals surface area contributed by atoms with Crippen molar-refractivity contribution >= 4 is 17.3 Å². The van der Waals surface area contributed by atoms with E-state index < -0.39 is 30.1 Å². The minimum atomic E-state index is -4.50. The van der Waals surface area contributed by atoms with Crippen LogP contribution in [0.4, 0.5) is 24.5 Å². The molecule has 0 saturated heterocycles. The zero-order valence-corrected chi connectivity index (χ0v) is 11.3. The second-order valence-corrected chi connectivity index (χ2v) is 4.32. The van der Waals surface area contributed by atoms with E-state index in [-0.39, 0.29) is 16.9 Å². The molecule has 0 unspecified atom stereocenters. The summed E-state index contributed by atoms with van der Waals surface area (Å²) in [4.78, 5) is 21.9. The van der Waals surface area contributed by atoms with Crippen molar-refractivity contribution in [2.75, 3.05) is 25.5 Å². The van der Waals surface area contributed by atoms with Crippen LogP contribution in [0.15, 0.2) is 18.2 Å². The molecule has 0 saturated carbocycles. The lowest BCUT2D eigenvalue weighted by atomic mass is 10.1. The maximum Gasteiger partial charge on any atom is 0.406 e. The van der Waals surface area contributed by atoms with E-state index in [1.807, 2.05) is 0 Å². The van der Waals surface area contributed by atoms with E-state index in [4.69, 9.17) is 5.26 Å². The second-order valence-electron chi connectivity index (χ2n) is 4.32. The van der Waals surface area contributed by atoms with Gasteiger partial charge in [-0.2, -0.15) is 18.4 Å². The lowest BCUT2D eigenvalue weighted by Gasteiger charge is -2.19. The van der Waals surface area contributed by atoms with E-state index >= 15 is 0 Å². The molecule has 1 amide bonds. The van der Waals surface area contributed by atoms with Crippen LogP contribution >= 0.6 is 0 Å². The summed E-state index contributed by atoms with van der Waals surface area (Å²) in [5, 5.41) is 22.0. The fourth-order valence-electron chi connectivity index (χ4n) is 1.56. The van der Waals surface area contributed by atoms with Gasteiger partial charge in [0, 0.05) is 19.2 Å². The van der Waals surface area contributed by atoms with Crippen LogP contribution in [0.3, 0.4) is 0 Å². The predicted octanol–water partition coefficient (Wildman–Crippen LogP) is 1.90. The van der Waals surface area contributed by atoms with Crippen LogP contribution in [0, 0.1) is 21.4 Å². The van der Waals surface area contributed by atoms with Gasteiger partial charge in [0.15, 0.2) is 0 Å². The summed E-state index contributed by atoms with van der Waals surface area (Å²) in [6, 6.07) is 5.05. The third kappa shape index (κ3) is 4.93. The number of nitro groups is 1. The Morgan fingerprint density at radius 3 is 2.64 bits per heavy atom. The summed E-state index contributed by atoms with van der Waals surface area (Å²) in [6.07, 6.45) is -4.50.